The molecule has 0 amide bonds. The summed E-state index contributed by atoms with van der Waals surface area (Å²) in [6.07, 6.45) is 3.95. The number of fused-ring (bicyclic) bond motifs is 2. The van der Waals surface area contributed by atoms with Crippen molar-refractivity contribution in [2.24, 2.45) is 0 Å². The summed E-state index contributed by atoms with van der Waals surface area (Å²) in [5, 5.41) is 14.9. The highest BCUT2D eigenvalue weighted by atomic mass is 16.3. The first kappa shape index (κ1) is 13.6. The second-order valence-corrected chi connectivity index (χ2v) is 6.11. The molecule has 3 nitrogen and oxygen atoms in total. The summed E-state index contributed by atoms with van der Waals surface area (Å²) in [6.45, 7) is 0.886. The first-order valence-corrected chi connectivity index (χ1v) is 7.82. The lowest BCUT2D eigenvalue weighted by atomic mass is 9.92. The maximum Gasteiger partial charge on any atom is 0.0677 e. The van der Waals surface area contributed by atoms with Crippen molar-refractivity contribution in [1.29, 1.82) is 0 Å². The standard InChI is InChI=1S/C19H20N2O/c22-13-19(10-8-14-4-1-2-6-17(14)19)21-12-15-5-3-7-18-16(15)9-11-20-18/h1-7,9,11,20-22H,8,10,12-13H2. The Balaban J connectivity index is 1.64. The Morgan fingerprint density at radius 2 is 2.00 bits per heavy atom. The van der Waals surface area contributed by atoms with E-state index in [-0.39, 0.29) is 12.1 Å². The second kappa shape index (κ2) is 5.27. The molecule has 0 spiro atoms. The number of hydrogen-bond acceptors (Lipinski definition) is 2. The largest absolute Gasteiger partial charge is 0.394 e. The van der Waals surface area contributed by atoms with Gasteiger partial charge in [0.05, 0.1) is 12.1 Å². The Hall–Kier alpha value is -2.10. The van der Waals surface area contributed by atoms with Gasteiger partial charge in [0, 0.05) is 23.6 Å². The summed E-state index contributed by atoms with van der Waals surface area (Å²) in [4.78, 5) is 3.25. The smallest absolute Gasteiger partial charge is 0.0677 e. The molecule has 1 aromatic heterocycles. The van der Waals surface area contributed by atoms with Crippen LogP contribution in [0, 0.1) is 0 Å². The van der Waals surface area contributed by atoms with Crippen LogP contribution < -0.4 is 5.32 Å². The normalized spacial score (nSPS) is 20.4. The van der Waals surface area contributed by atoms with E-state index in [4.69, 9.17) is 0 Å². The molecule has 3 N–H and O–H groups in total. The molecule has 0 saturated heterocycles. The predicted octanol–water partition coefficient (Wildman–Crippen LogP) is 3.09. The van der Waals surface area contributed by atoms with Crippen LogP contribution in [0.2, 0.25) is 0 Å². The third-order valence-corrected chi connectivity index (χ3v) is 4.93. The van der Waals surface area contributed by atoms with Crippen molar-refractivity contribution < 1.29 is 5.11 Å². The van der Waals surface area contributed by atoms with Gasteiger partial charge in [0.25, 0.3) is 0 Å². The summed E-state index contributed by atoms with van der Waals surface area (Å²) in [5.41, 5.74) is 4.71. The molecule has 4 rings (SSSR count). The molecular weight excluding hydrogens is 272 g/mol. The number of aliphatic hydroxyl groups is 1. The van der Waals surface area contributed by atoms with E-state index < -0.39 is 0 Å². The average molecular weight is 292 g/mol. The van der Waals surface area contributed by atoms with Crippen LogP contribution in [0.5, 0.6) is 0 Å². The number of aryl methyl sites for hydroxylation is 1. The molecule has 0 fully saturated rings. The molecule has 0 radical (unpaired) electrons. The summed E-state index contributed by atoms with van der Waals surface area (Å²) in [5.74, 6) is 0. The van der Waals surface area contributed by atoms with E-state index in [0.717, 1.165) is 24.9 Å². The van der Waals surface area contributed by atoms with Gasteiger partial charge in [-0.05, 0) is 41.7 Å². The SMILES string of the molecule is OCC1(NCc2cccc3[nH]ccc23)CCc2ccccc21. The van der Waals surface area contributed by atoms with Gasteiger partial charge >= 0.3 is 0 Å². The summed E-state index contributed by atoms with van der Waals surface area (Å²) in [6, 6.07) is 16.9. The molecule has 112 valence electrons. The van der Waals surface area contributed by atoms with Crippen LogP contribution in [0.25, 0.3) is 10.9 Å². The van der Waals surface area contributed by atoms with E-state index in [1.165, 1.54) is 22.1 Å². The molecule has 1 aliphatic rings. The van der Waals surface area contributed by atoms with Gasteiger partial charge < -0.3 is 15.4 Å². The molecular formula is C19H20N2O. The van der Waals surface area contributed by atoms with Crippen molar-refractivity contribution in [1.82, 2.24) is 10.3 Å². The Morgan fingerprint density at radius 3 is 2.91 bits per heavy atom. The number of rotatable bonds is 4. The minimum atomic E-state index is -0.310. The minimum absolute atomic E-state index is 0.132. The Labute approximate surface area is 130 Å². The summed E-state index contributed by atoms with van der Waals surface area (Å²) >= 11 is 0. The number of aromatic amines is 1. The lowest BCUT2D eigenvalue weighted by Gasteiger charge is -2.30. The van der Waals surface area contributed by atoms with Gasteiger partial charge in [0.2, 0.25) is 0 Å². The van der Waals surface area contributed by atoms with Crippen molar-refractivity contribution >= 4 is 10.9 Å². The lowest BCUT2D eigenvalue weighted by molar-refractivity contribution is 0.159. The Morgan fingerprint density at radius 1 is 1.09 bits per heavy atom. The number of H-pyrrole nitrogens is 1. The van der Waals surface area contributed by atoms with Crippen LogP contribution >= 0.6 is 0 Å². The van der Waals surface area contributed by atoms with Gasteiger partial charge in [-0.2, -0.15) is 0 Å². The molecule has 0 aliphatic heterocycles. The Kier molecular flexibility index (Phi) is 3.25. The fourth-order valence-corrected chi connectivity index (χ4v) is 3.66. The van der Waals surface area contributed by atoms with Crippen LogP contribution in [0.1, 0.15) is 23.1 Å². The van der Waals surface area contributed by atoms with Crippen LogP contribution in [0.15, 0.2) is 54.7 Å². The highest BCUT2D eigenvalue weighted by molar-refractivity contribution is 5.82. The van der Waals surface area contributed by atoms with Crippen LogP contribution in [0.4, 0.5) is 0 Å². The van der Waals surface area contributed by atoms with Crippen molar-refractivity contribution in [3.05, 3.63) is 71.4 Å². The van der Waals surface area contributed by atoms with Gasteiger partial charge in [-0.3, -0.25) is 0 Å². The van der Waals surface area contributed by atoms with E-state index in [1.54, 1.807) is 0 Å². The zero-order chi connectivity index (χ0) is 15.0. The maximum atomic E-state index is 10.0. The van der Waals surface area contributed by atoms with Crippen molar-refractivity contribution in [2.45, 2.75) is 24.9 Å². The maximum absolute atomic E-state index is 10.0. The molecule has 0 saturated carbocycles. The number of hydrogen-bond donors (Lipinski definition) is 3. The monoisotopic (exact) mass is 292 g/mol. The highest BCUT2D eigenvalue weighted by Gasteiger charge is 2.37. The van der Waals surface area contributed by atoms with Crippen LogP contribution in [-0.2, 0) is 18.5 Å². The second-order valence-electron chi connectivity index (χ2n) is 6.11. The van der Waals surface area contributed by atoms with Crippen molar-refractivity contribution in [2.75, 3.05) is 6.61 Å². The van der Waals surface area contributed by atoms with Gasteiger partial charge in [0.1, 0.15) is 0 Å². The summed E-state index contributed by atoms with van der Waals surface area (Å²) in [7, 11) is 0. The van der Waals surface area contributed by atoms with Crippen molar-refractivity contribution in [3.8, 4) is 0 Å². The van der Waals surface area contributed by atoms with Gasteiger partial charge in [0.15, 0.2) is 0 Å². The quantitative estimate of drug-likeness (QED) is 0.692. The van der Waals surface area contributed by atoms with Crippen LogP contribution in [-0.4, -0.2) is 16.7 Å². The molecule has 0 bridgehead atoms. The van der Waals surface area contributed by atoms with E-state index in [2.05, 4.69) is 58.8 Å². The molecule has 3 heteroatoms. The first-order valence-electron chi connectivity index (χ1n) is 7.82. The fourth-order valence-electron chi connectivity index (χ4n) is 3.66. The molecule has 1 aliphatic carbocycles. The third-order valence-electron chi connectivity index (χ3n) is 4.93. The third kappa shape index (κ3) is 2.05. The van der Waals surface area contributed by atoms with E-state index in [1.807, 2.05) is 6.20 Å². The first-order chi connectivity index (χ1) is 10.8. The molecule has 1 heterocycles. The Bertz CT molecular complexity index is 808. The van der Waals surface area contributed by atoms with E-state index >= 15 is 0 Å². The zero-order valence-corrected chi connectivity index (χ0v) is 12.5. The number of nitrogens with one attached hydrogen (secondary N) is 2. The number of aliphatic hydroxyl groups excluding tert-OH is 1. The number of benzene rings is 2. The molecule has 22 heavy (non-hydrogen) atoms. The zero-order valence-electron chi connectivity index (χ0n) is 12.5. The fraction of sp³-hybridized carbons (Fsp3) is 0.263. The van der Waals surface area contributed by atoms with Crippen molar-refractivity contribution in [3.63, 3.8) is 0 Å². The molecule has 3 aromatic rings. The molecule has 2 aromatic carbocycles. The lowest BCUT2D eigenvalue weighted by Crippen LogP contribution is -2.43. The topological polar surface area (TPSA) is 48.0 Å². The van der Waals surface area contributed by atoms with Gasteiger partial charge in [-0.15, -0.1) is 0 Å². The predicted molar refractivity (Wildman–Crippen MR) is 88.7 cm³/mol. The molecule has 1 unspecified atom stereocenters. The summed E-state index contributed by atoms with van der Waals surface area (Å²) < 4.78 is 0. The van der Waals surface area contributed by atoms with Crippen LogP contribution in [0.3, 0.4) is 0 Å². The van der Waals surface area contributed by atoms with Gasteiger partial charge in [-0.1, -0.05) is 36.4 Å². The minimum Gasteiger partial charge on any atom is -0.394 e. The average Bonchev–Trinajstić information content (AvgIpc) is 3.18. The van der Waals surface area contributed by atoms with E-state index in [0.29, 0.717) is 0 Å². The molecule has 1 atom stereocenters. The number of aromatic nitrogens is 1. The van der Waals surface area contributed by atoms with Gasteiger partial charge in [-0.25, -0.2) is 0 Å². The van der Waals surface area contributed by atoms with E-state index in [9.17, 15) is 5.11 Å². The highest BCUT2D eigenvalue weighted by Crippen LogP contribution is 2.36.